The van der Waals surface area contributed by atoms with Gasteiger partial charge in [-0.3, -0.25) is 0 Å². The first kappa shape index (κ1) is 19.9. The van der Waals surface area contributed by atoms with Gasteiger partial charge in [0.1, 0.15) is 12.2 Å². The van der Waals surface area contributed by atoms with Gasteiger partial charge in [-0.25, -0.2) is 14.8 Å². The Labute approximate surface area is 166 Å². The summed E-state index contributed by atoms with van der Waals surface area (Å²) in [5.41, 5.74) is 0.603. The molecule has 0 spiro atoms. The average Bonchev–Trinajstić information content (AvgIpc) is 2.66. The molecule has 7 nitrogen and oxygen atoms in total. The standard InChI is InChI=1S/C21H28N4O3/c1-16-14-24(10-11-25(16)20(26)28-21(2,3)4)19-22-12-18(13-23-19)27-15-17-8-6-5-7-9-17/h5-9,12-13,16H,10-11,14-15H2,1-4H3. The summed E-state index contributed by atoms with van der Waals surface area (Å²) < 4.78 is 11.2. The molecule has 0 N–H and O–H groups in total. The summed E-state index contributed by atoms with van der Waals surface area (Å²) >= 11 is 0. The number of aromatic nitrogens is 2. The predicted molar refractivity (Wildman–Crippen MR) is 107 cm³/mol. The van der Waals surface area contributed by atoms with Gasteiger partial charge >= 0.3 is 6.09 Å². The van der Waals surface area contributed by atoms with E-state index in [2.05, 4.69) is 14.9 Å². The van der Waals surface area contributed by atoms with Crippen LogP contribution in [0.3, 0.4) is 0 Å². The molecular formula is C21H28N4O3. The fourth-order valence-electron chi connectivity index (χ4n) is 3.02. The van der Waals surface area contributed by atoms with Gasteiger partial charge in [0.25, 0.3) is 0 Å². The number of ether oxygens (including phenoxy) is 2. The molecule has 1 aromatic heterocycles. The van der Waals surface area contributed by atoms with E-state index >= 15 is 0 Å². The van der Waals surface area contributed by atoms with Crippen molar-refractivity contribution in [1.29, 1.82) is 0 Å². The number of hydrogen-bond donors (Lipinski definition) is 0. The highest BCUT2D eigenvalue weighted by atomic mass is 16.6. The Balaban J connectivity index is 1.54. The fourth-order valence-corrected chi connectivity index (χ4v) is 3.02. The monoisotopic (exact) mass is 384 g/mol. The lowest BCUT2D eigenvalue weighted by atomic mass is 10.2. The van der Waals surface area contributed by atoms with E-state index in [9.17, 15) is 4.79 Å². The van der Waals surface area contributed by atoms with Crippen LogP contribution in [0.2, 0.25) is 0 Å². The van der Waals surface area contributed by atoms with Gasteiger partial charge in [-0.1, -0.05) is 30.3 Å². The maximum absolute atomic E-state index is 12.3. The molecule has 1 aliphatic rings. The Morgan fingerprint density at radius 2 is 1.82 bits per heavy atom. The van der Waals surface area contributed by atoms with Gasteiger partial charge in [0.15, 0.2) is 5.75 Å². The number of carbonyl (C=O) groups excluding carboxylic acids is 1. The maximum atomic E-state index is 12.3. The number of rotatable bonds is 4. The van der Waals surface area contributed by atoms with E-state index in [1.807, 2.05) is 58.0 Å². The van der Waals surface area contributed by atoms with Crippen LogP contribution in [0.1, 0.15) is 33.3 Å². The molecule has 1 saturated heterocycles. The summed E-state index contributed by atoms with van der Waals surface area (Å²) in [6.07, 6.45) is 3.11. The SMILES string of the molecule is CC1CN(c2ncc(OCc3ccccc3)cn2)CCN1C(=O)OC(C)(C)C. The zero-order valence-electron chi connectivity index (χ0n) is 17.0. The Hall–Kier alpha value is -2.83. The molecule has 2 heterocycles. The summed E-state index contributed by atoms with van der Waals surface area (Å²) in [4.78, 5) is 25.0. The van der Waals surface area contributed by atoms with Crippen LogP contribution >= 0.6 is 0 Å². The number of benzene rings is 1. The highest BCUT2D eigenvalue weighted by Gasteiger charge is 2.31. The van der Waals surface area contributed by atoms with E-state index in [1.54, 1.807) is 17.3 Å². The average molecular weight is 384 g/mol. The molecule has 1 fully saturated rings. The van der Waals surface area contributed by atoms with Crippen LogP contribution < -0.4 is 9.64 Å². The maximum Gasteiger partial charge on any atom is 0.410 e. The zero-order valence-corrected chi connectivity index (χ0v) is 17.0. The quantitative estimate of drug-likeness (QED) is 0.804. The summed E-state index contributed by atoms with van der Waals surface area (Å²) in [6.45, 7) is 10.0. The molecule has 1 aliphatic heterocycles. The van der Waals surface area contributed by atoms with Crippen molar-refractivity contribution in [3.63, 3.8) is 0 Å². The topological polar surface area (TPSA) is 67.8 Å². The number of nitrogens with zero attached hydrogens (tertiary/aromatic N) is 4. The molecule has 1 unspecified atom stereocenters. The van der Waals surface area contributed by atoms with Gasteiger partial charge in [-0.15, -0.1) is 0 Å². The first-order valence-corrected chi connectivity index (χ1v) is 9.55. The summed E-state index contributed by atoms with van der Waals surface area (Å²) in [5.74, 6) is 1.27. The lowest BCUT2D eigenvalue weighted by Crippen LogP contribution is -2.55. The largest absolute Gasteiger partial charge is 0.486 e. The third-order valence-corrected chi connectivity index (χ3v) is 4.40. The smallest absolute Gasteiger partial charge is 0.410 e. The van der Waals surface area contributed by atoms with Crippen molar-refractivity contribution >= 4 is 12.0 Å². The minimum atomic E-state index is -0.493. The molecule has 0 radical (unpaired) electrons. The molecule has 2 aromatic rings. The normalized spacial score (nSPS) is 17.4. The van der Waals surface area contributed by atoms with Gasteiger partial charge in [-0.2, -0.15) is 0 Å². The molecule has 1 amide bonds. The Kier molecular flexibility index (Phi) is 6.02. The molecule has 0 bridgehead atoms. The molecule has 1 aromatic carbocycles. The second-order valence-electron chi connectivity index (χ2n) is 7.96. The molecule has 0 aliphatic carbocycles. The highest BCUT2D eigenvalue weighted by Crippen LogP contribution is 2.19. The van der Waals surface area contributed by atoms with Gasteiger partial charge in [0, 0.05) is 25.7 Å². The number of anilines is 1. The van der Waals surface area contributed by atoms with Crippen molar-refractivity contribution in [2.75, 3.05) is 24.5 Å². The molecule has 28 heavy (non-hydrogen) atoms. The van der Waals surface area contributed by atoms with E-state index < -0.39 is 5.60 Å². The summed E-state index contributed by atoms with van der Waals surface area (Å²) in [5, 5.41) is 0. The van der Waals surface area contributed by atoms with Crippen molar-refractivity contribution in [1.82, 2.24) is 14.9 Å². The molecule has 3 rings (SSSR count). The number of hydrogen-bond acceptors (Lipinski definition) is 6. The number of piperazine rings is 1. The molecule has 1 atom stereocenters. The second kappa shape index (κ2) is 8.46. The number of amides is 1. The van der Waals surface area contributed by atoms with Crippen LogP contribution in [0.5, 0.6) is 5.75 Å². The van der Waals surface area contributed by atoms with Crippen LogP contribution in [-0.2, 0) is 11.3 Å². The minimum Gasteiger partial charge on any atom is -0.486 e. The third-order valence-electron chi connectivity index (χ3n) is 4.40. The van der Waals surface area contributed by atoms with Gasteiger partial charge < -0.3 is 19.3 Å². The fraction of sp³-hybridized carbons (Fsp3) is 0.476. The molecule has 150 valence electrons. The van der Waals surface area contributed by atoms with Crippen LogP contribution in [0.4, 0.5) is 10.7 Å². The van der Waals surface area contributed by atoms with Crippen molar-refractivity contribution in [3.05, 3.63) is 48.3 Å². The van der Waals surface area contributed by atoms with Crippen molar-refractivity contribution < 1.29 is 14.3 Å². The van der Waals surface area contributed by atoms with E-state index in [1.165, 1.54) is 0 Å². The molecule has 7 heteroatoms. The Bertz CT molecular complexity index is 774. The van der Waals surface area contributed by atoms with Crippen molar-refractivity contribution in [2.24, 2.45) is 0 Å². The summed E-state index contributed by atoms with van der Waals surface area (Å²) in [7, 11) is 0. The minimum absolute atomic E-state index is 0.0150. The lowest BCUT2D eigenvalue weighted by Gasteiger charge is -2.40. The first-order chi connectivity index (χ1) is 13.3. The van der Waals surface area contributed by atoms with Gasteiger partial charge in [-0.05, 0) is 33.3 Å². The summed E-state index contributed by atoms with van der Waals surface area (Å²) in [6, 6.07) is 9.99. The van der Waals surface area contributed by atoms with E-state index in [4.69, 9.17) is 9.47 Å². The Morgan fingerprint density at radius 3 is 2.43 bits per heavy atom. The van der Waals surface area contributed by atoms with E-state index in [0.717, 1.165) is 5.56 Å². The van der Waals surface area contributed by atoms with Crippen molar-refractivity contribution in [2.45, 2.75) is 45.9 Å². The first-order valence-electron chi connectivity index (χ1n) is 9.55. The van der Waals surface area contributed by atoms with E-state index in [0.29, 0.717) is 37.9 Å². The number of carbonyl (C=O) groups is 1. The highest BCUT2D eigenvalue weighted by molar-refractivity contribution is 5.69. The van der Waals surface area contributed by atoms with Crippen LogP contribution in [0.25, 0.3) is 0 Å². The molecular weight excluding hydrogens is 356 g/mol. The van der Waals surface area contributed by atoms with Crippen LogP contribution in [0.15, 0.2) is 42.7 Å². The van der Waals surface area contributed by atoms with Crippen LogP contribution in [0, 0.1) is 0 Å². The second-order valence-corrected chi connectivity index (χ2v) is 7.96. The van der Waals surface area contributed by atoms with Gasteiger partial charge in [0.2, 0.25) is 5.95 Å². The third kappa shape index (κ3) is 5.34. The zero-order chi connectivity index (χ0) is 20.1. The Morgan fingerprint density at radius 1 is 1.14 bits per heavy atom. The predicted octanol–water partition coefficient (Wildman–Crippen LogP) is 3.50. The lowest BCUT2D eigenvalue weighted by molar-refractivity contribution is 0.0158. The van der Waals surface area contributed by atoms with Crippen molar-refractivity contribution in [3.8, 4) is 5.75 Å². The van der Waals surface area contributed by atoms with Crippen LogP contribution in [-0.4, -0.2) is 52.2 Å². The van der Waals surface area contributed by atoms with E-state index in [-0.39, 0.29) is 12.1 Å². The molecule has 0 saturated carbocycles. The van der Waals surface area contributed by atoms with Gasteiger partial charge in [0.05, 0.1) is 12.4 Å².